The second kappa shape index (κ2) is 11.3. The van der Waals surface area contributed by atoms with E-state index in [1.54, 1.807) is 18.5 Å². The lowest BCUT2D eigenvalue weighted by molar-refractivity contribution is 0.0987. The summed E-state index contributed by atoms with van der Waals surface area (Å²) in [6.45, 7) is 0.246. The molecular weight excluding hydrogens is 554 g/mol. The standard InChI is InChI=1S/C30H35N7O4S/c38-18-19-1-5-23(6-2-19)34-26-14-29(32-15-21(26)4-3-20-13-24-7-10-27(20)41-24)35-28-11-12-31-30(36-28)22-16-33-37(17-22)42(39,40)25-8-9-25/h11-12,14-17,19-20,23-25,27,38H,1-2,5-10,13,18H2,(H2,31,32,34,35,36)/t19?,20?,23?,24-,27-/m0/s1. The highest BCUT2D eigenvalue weighted by atomic mass is 32.2. The van der Waals surface area contributed by atoms with Crippen LogP contribution in [0.4, 0.5) is 17.3 Å². The lowest BCUT2D eigenvalue weighted by atomic mass is 9.86. The van der Waals surface area contributed by atoms with Crippen molar-refractivity contribution in [1.82, 2.24) is 24.1 Å². The maximum absolute atomic E-state index is 12.5. The number of nitrogens with one attached hydrogen (secondary N) is 2. The lowest BCUT2D eigenvalue weighted by Gasteiger charge is -2.29. The molecule has 3 N–H and O–H groups in total. The molecule has 3 atom stereocenters. The van der Waals surface area contributed by atoms with Crippen molar-refractivity contribution in [2.75, 3.05) is 17.2 Å². The summed E-state index contributed by atoms with van der Waals surface area (Å²) in [5.74, 6) is 8.99. The minimum absolute atomic E-state index is 0.245. The van der Waals surface area contributed by atoms with Crippen LogP contribution in [0.5, 0.6) is 0 Å². The summed E-state index contributed by atoms with van der Waals surface area (Å²) in [5.41, 5.74) is 2.28. The zero-order valence-corrected chi connectivity index (χ0v) is 24.1. The second-order valence-corrected chi connectivity index (χ2v) is 14.0. The van der Waals surface area contributed by atoms with Crippen molar-refractivity contribution >= 4 is 27.3 Å². The topological polar surface area (TPSA) is 144 Å². The van der Waals surface area contributed by atoms with Crippen molar-refractivity contribution in [2.45, 2.75) is 81.3 Å². The second-order valence-electron chi connectivity index (χ2n) is 11.9. The Labute approximate surface area is 245 Å². The summed E-state index contributed by atoms with van der Waals surface area (Å²) in [6.07, 6.45) is 15.5. The number of aliphatic hydroxyl groups is 1. The van der Waals surface area contributed by atoms with E-state index in [1.165, 1.54) is 12.4 Å². The van der Waals surface area contributed by atoms with E-state index in [-0.39, 0.29) is 23.9 Å². The van der Waals surface area contributed by atoms with Gasteiger partial charge in [-0.1, -0.05) is 11.8 Å². The van der Waals surface area contributed by atoms with Gasteiger partial charge in [0.15, 0.2) is 5.82 Å². The molecule has 2 aliphatic heterocycles. The molecule has 2 saturated heterocycles. The molecule has 4 aliphatic rings. The van der Waals surface area contributed by atoms with Gasteiger partial charge in [-0.25, -0.2) is 23.4 Å². The molecule has 2 aliphatic carbocycles. The van der Waals surface area contributed by atoms with E-state index in [0.29, 0.717) is 53.9 Å². The number of pyridine rings is 1. The Kier molecular flexibility index (Phi) is 7.34. The summed E-state index contributed by atoms with van der Waals surface area (Å²) in [5, 5.41) is 20.2. The predicted molar refractivity (Wildman–Crippen MR) is 157 cm³/mol. The molecule has 0 radical (unpaired) electrons. The molecule has 0 aromatic carbocycles. The van der Waals surface area contributed by atoms with Crippen molar-refractivity contribution in [2.24, 2.45) is 11.8 Å². The number of hydrogen-bond donors (Lipinski definition) is 3. The molecule has 3 aromatic heterocycles. The predicted octanol–water partition coefficient (Wildman–Crippen LogP) is 3.70. The largest absolute Gasteiger partial charge is 0.396 e. The zero-order chi connectivity index (χ0) is 28.7. The summed E-state index contributed by atoms with van der Waals surface area (Å²) in [4.78, 5) is 13.6. The number of ether oxygens (including phenoxy) is 1. The van der Waals surface area contributed by atoms with E-state index in [2.05, 4.69) is 42.5 Å². The van der Waals surface area contributed by atoms with Crippen LogP contribution in [0.15, 0.2) is 36.9 Å². The van der Waals surface area contributed by atoms with Gasteiger partial charge in [-0.3, -0.25) is 0 Å². The number of rotatable bonds is 8. The van der Waals surface area contributed by atoms with E-state index in [4.69, 9.17) is 4.74 Å². The van der Waals surface area contributed by atoms with Crippen molar-refractivity contribution in [3.63, 3.8) is 0 Å². The number of fused-ring (bicyclic) bond motifs is 2. The monoisotopic (exact) mass is 589 g/mol. The fourth-order valence-corrected chi connectivity index (χ4v) is 7.67. The van der Waals surface area contributed by atoms with E-state index in [0.717, 1.165) is 60.3 Å². The Morgan fingerprint density at radius 1 is 1.05 bits per heavy atom. The Bertz CT molecular complexity index is 1620. The van der Waals surface area contributed by atoms with Gasteiger partial charge in [-0.2, -0.15) is 9.19 Å². The zero-order valence-electron chi connectivity index (χ0n) is 23.3. The van der Waals surface area contributed by atoms with Crippen LogP contribution >= 0.6 is 0 Å². The third kappa shape index (κ3) is 5.73. The van der Waals surface area contributed by atoms with Gasteiger partial charge in [0.2, 0.25) is 0 Å². The molecule has 3 aromatic rings. The molecule has 0 spiro atoms. The molecule has 11 nitrogen and oxygen atoms in total. The molecule has 5 heterocycles. The number of anilines is 3. The molecule has 4 fully saturated rings. The molecule has 2 bridgehead atoms. The fourth-order valence-electron chi connectivity index (χ4n) is 6.19. The van der Waals surface area contributed by atoms with Crippen molar-refractivity contribution in [3.05, 3.63) is 42.5 Å². The van der Waals surface area contributed by atoms with Crippen LogP contribution < -0.4 is 10.6 Å². The molecule has 0 amide bonds. The summed E-state index contributed by atoms with van der Waals surface area (Å²) in [7, 11) is -3.46. The third-order valence-corrected chi connectivity index (χ3v) is 10.8. The van der Waals surface area contributed by atoms with Crippen LogP contribution in [0.1, 0.15) is 63.4 Å². The van der Waals surface area contributed by atoms with Gasteiger partial charge in [0, 0.05) is 37.0 Å². The minimum Gasteiger partial charge on any atom is -0.396 e. The average molecular weight is 590 g/mol. The van der Waals surface area contributed by atoms with Crippen LogP contribution in [0.3, 0.4) is 0 Å². The summed E-state index contributed by atoms with van der Waals surface area (Å²) < 4.78 is 32.1. The SMILES string of the molecule is O=S(=O)(C1CC1)n1cc(-c2nccc(Nc3cc(NC4CCC(CO)CC4)c(C#CC4C[C@@H]5CC[C@@H]4O5)cn3)n2)cn1. The highest BCUT2D eigenvalue weighted by Crippen LogP contribution is 2.38. The molecule has 220 valence electrons. The van der Waals surface area contributed by atoms with Crippen LogP contribution in [-0.4, -0.2) is 67.8 Å². The summed E-state index contributed by atoms with van der Waals surface area (Å²) in [6, 6.07) is 3.99. The molecule has 2 saturated carbocycles. The van der Waals surface area contributed by atoms with E-state index in [1.807, 2.05) is 6.07 Å². The Morgan fingerprint density at radius 2 is 1.90 bits per heavy atom. The number of nitrogens with zero attached hydrogens (tertiary/aromatic N) is 5. The minimum atomic E-state index is -3.46. The smallest absolute Gasteiger partial charge is 0.256 e. The molecule has 7 rings (SSSR count). The Balaban J connectivity index is 1.11. The lowest BCUT2D eigenvalue weighted by Crippen LogP contribution is -2.27. The maximum atomic E-state index is 12.5. The van der Waals surface area contributed by atoms with E-state index < -0.39 is 10.0 Å². The highest BCUT2D eigenvalue weighted by molar-refractivity contribution is 7.90. The molecule has 1 unspecified atom stereocenters. The molecule has 12 heteroatoms. The number of hydrogen-bond acceptors (Lipinski definition) is 10. The molecule has 42 heavy (non-hydrogen) atoms. The van der Waals surface area contributed by atoms with Crippen LogP contribution in [0, 0.1) is 23.7 Å². The van der Waals surface area contributed by atoms with Gasteiger partial charge in [-0.15, -0.1) is 0 Å². The van der Waals surface area contributed by atoms with Crippen LogP contribution in [0.25, 0.3) is 11.4 Å². The highest BCUT2D eigenvalue weighted by Gasteiger charge is 2.40. The maximum Gasteiger partial charge on any atom is 0.256 e. The van der Waals surface area contributed by atoms with Crippen molar-refractivity contribution in [3.8, 4) is 23.2 Å². The normalized spacial score (nSPS) is 26.9. The van der Waals surface area contributed by atoms with Crippen molar-refractivity contribution < 1.29 is 18.3 Å². The van der Waals surface area contributed by atoms with E-state index in [9.17, 15) is 13.5 Å². The Hall–Kier alpha value is -3.53. The van der Waals surface area contributed by atoms with Gasteiger partial charge in [0.1, 0.15) is 11.6 Å². The quantitative estimate of drug-likeness (QED) is 0.333. The van der Waals surface area contributed by atoms with Gasteiger partial charge in [0.05, 0.1) is 46.7 Å². The van der Waals surface area contributed by atoms with E-state index >= 15 is 0 Å². The molecular formula is C30H35N7O4S. The Morgan fingerprint density at radius 3 is 2.64 bits per heavy atom. The average Bonchev–Trinajstić information content (AvgIpc) is 3.40. The number of aliphatic hydroxyl groups excluding tert-OH is 1. The first-order valence-corrected chi connectivity index (χ1v) is 16.4. The first-order chi connectivity index (χ1) is 20.4. The van der Waals surface area contributed by atoms with Gasteiger partial charge < -0.3 is 20.5 Å². The summed E-state index contributed by atoms with van der Waals surface area (Å²) >= 11 is 0. The van der Waals surface area contributed by atoms with Crippen molar-refractivity contribution in [1.29, 1.82) is 0 Å². The fraction of sp³-hybridized carbons (Fsp3) is 0.533. The third-order valence-electron chi connectivity index (χ3n) is 8.80. The van der Waals surface area contributed by atoms with Gasteiger partial charge >= 0.3 is 0 Å². The van der Waals surface area contributed by atoms with Gasteiger partial charge in [-0.05, 0) is 69.8 Å². The van der Waals surface area contributed by atoms with Gasteiger partial charge in [0.25, 0.3) is 10.0 Å². The van der Waals surface area contributed by atoms with Crippen LogP contribution in [-0.2, 0) is 14.8 Å². The number of aromatic nitrogens is 5. The van der Waals surface area contributed by atoms with Crippen LogP contribution in [0.2, 0.25) is 0 Å². The first kappa shape index (κ1) is 27.3. The first-order valence-electron chi connectivity index (χ1n) is 14.9.